The van der Waals surface area contributed by atoms with Crippen LogP contribution in [-0.2, 0) is 0 Å². The first kappa shape index (κ1) is 18.3. The molecule has 2 heterocycles. The van der Waals surface area contributed by atoms with Crippen LogP contribution < -0.4 is 16.0 Å². The van der Waals surface area contributed by atoms with E-state index in [4.69, 9.17) is 0 Å². The van der Waals surface area contributed by atoms with Crippen LogP contribution in [0.2, 0.25) is 0 Å². The van der Waals surface area contributed by atoms with Gasteiger partial charge in [0.2, 0.25) is 0 Å². The van der Waals surface area contributed by atoms with E-state index in [9.17, 15) is 14.0 Å². The first-order chi connectivity index (χ1) is 13.0. The van der Waals surface area contributed by atoms with Crippen LogP contribution in [0.3, 0.4) is 0 Å². The molecule has 0 unspecified atom stereocenters. The van der Waals surface area contributed by atoms with E-state index in [1.807, 2.05) is 6.92 Å². The third-order valence-corrected chi connectivity index (χ3v) is 3.75. The predicted octanol–water partition coefficient (Wildman–Crippen LogP) is 2.43. The molecular formula is C18H19FN6O2. The zero-order chi connectivity index (χ0) is 19.4. The summed E-state index contributed by atoms with van der Waals surface area (Å²) in [6.07, 6.45) is 0. The highest BCUT2D eigenvalue weighted by molar-refractivity contribution is 5.95. The minimum absolute atomic E-state index is 0.0720. The Morgan fingerprint density at radius 3 is 2.41 bits per heavy atom. The molecule has 0 bridgehead atoms. The largest absolute Gasteiger partial charge is 0.351 e. The number of carbonyl (C=O) groups excluding carboxylic acids is 2. The lowest BCUT2D eigenvalue weighted by Gasteiger charge is -2.08. The van der Waals surface area contributed by atoms with Crippen molar-refractivity contribution in [1.82, 2.24) is 25.2 Å². The summed E-state index contributed by atoms with van der Waals surface area (Å²) in [5, 5.41) is 12.0. The normalized spacial score (nSPS) is 10.6. The standard InChI is InChI=1S/C18H19FN6O2/c1-3-20-16(26)14-9-12(11-5-7-13(19)8-6-11)10-15-22-17(24-25(14)15)23-18(27)21-4-2/h5-10H,3-4H2,1-2H3,(H,20,26)(H2,21,23,24,27). The molecule has 27 heavy (non-hydrogen) atoms. The third-order valence-electron chi connectivity index (χ3n) is 3.75. The summed E-state index contributed by atoms with van der Waals surface area (Å²) in [7, 11) is 0. The minimum atomic E-state index is -0.438. The van der Waals surface area contributed by atoms with Crippen LogP contribution in [0, 0.1) is 5.82 Å². The zero-order valence-electron chi connectivity index (χ0n) is 14.9. The lowest BCUT2D eigenvalue weighted by atomic mass is 10.1. The number of hydrogen-bond acceptors (Lipinski definition) is 4. The third kappa shape index (κ3) is 4.02. The van der Waals surface area contributed by atoms with Crippen molar-refractivity contribution in [3.8, 4) is 11.1 Å². The average molecular weight is 370 g/mol. The highest BCUT2D eigenvalue weighted by atomic mass is 19.1. The Kier molecular flexibility index (Phi) is 5.30. The Balaban J connectivity index is 2.09. The Hall–Kier alpha value is -3.49. The van der Waals surface area contributed by atoms with Crippen molar-refractivity contribution >= 4 is 23.5 Å². The second-order valence-electron chi connectivity index (χ2n) is 5.69. The summed E-state index contributed by atoms with van der Waals surface area (Å²) >= 11 is 0. The van der Waals surface area contributed by atoms with Crippen molar-refractivity contribution in [1.29, 1.82) is 0 Å². The van der Waals surface area contributed by atoms with Gasteiger partial charge in [0.1, 0.15) is 11.5 Å². The quantitative estimate of drug-likeness (QED) is 0.642. The van der Waals surface area contributed by atoms with E-state index in [1.165, 1.54) is 16.6 Å². The van der Waals surface area contributed by atoms with Crippen LogP contribution in [0.4, 0.5) is 15.1 Å². The van der Waals surface area contributed by atoms with Crippen LogP contribution in [-0.4, -0.2) is 39.6 Å². The molecule has 3 rings (SSSR count). The second-order valence-corrected chi connectivity index (χ2v) is 5.69. The van der Waals surface area contributed by atoms with Crippen molar-refractivity contribution < 1.29 is 14.0 Å². The summed E-state index contributed by atoms with van der Waals surface area (Å²) in [5.74, 6) is -0.608. The molecule has 0 aliphatic carbocycles. The van der Waals surface area contributed by atoms with E-state index < -0.39 is 6.03 Å². The maximum atomic E-state index is 13.2. The summed E-state index contributed by atoms with van der Waals surface area (Å²) in [6.45, 7) is 4.50. The van der Waals surface area contributed by atoms with Gasteiger partial charge in [-0.15, -0.1) is 5.10 Å². The lowest BCUT2D eigenvalue weighted by Crippen LogP contribution is -2.28. The monoisotopic (exact) mass is 370 g/mol. The van der Waals surface area contributed by atoms with E-state index >= 15 is 0 Å². The number of hydrogen-bond donors (Lipinski definition) is 3. The highest BCUT2D eigenvalue weighted by Gasteiger charge is 2.16. The summed E-state index contributed by atoms with van der Waals surface area (Å²) < 4.78 is 14.6. The number of nitrogens with one attached hydrogen (secondary N) is 3. The van der Waals surface area contributed by atoms with Crippen molar-refractivity contribution in [3.63, 3.8) is 0 Å². The van der Waals surface area contributed by atoms with Gasteiger partial charge in [0.05, 0.1) is 0 Å². The van der Waals surface area contributed by atoms with Gasteiger partial charge in [0.25, 0.3) is 11.9 Å². The first-order valence-electron chi connectivity index (χ1n) is 8.51. The molecule has 0 fully saturated rings. The molecule has 2 aromatic heterocycles. The van der Waals surface area contributed by atoms with E-state index in [1.54, 1.807) is 31.2 Å². The molecule has 0 spiro atoms. The zero-order valence-corrected chi connectivity index (χ0v) is 14.9. The number of aromatic nitrogens is 3. The number of urea groups is 1. The van der Waals surface area contributed by atoms with Gasteiger partial charge in [-0.05, 0) is 49.2 Å². The predicted molar refractivity (Wildman–Crippen MR) is 99.1 cm³/mol. The SMILES string of the molecule is CCNC(=O)Nc1nc2cc(-c3ccc(F)cc3)cc(C(=O)NCC)n2n1. The fourth-order valence-corrected chi connectivity index (χ4v) is 2.57. The van der Waals surface area contributed by atoms with Gasteiger partial charge in [0.15, 0.2) is 5.65 Å². The molecule has 9 heteroatoms. The molecular weight excluding hydrogens is 351 g/mol. The number of fused-ring (bicyclic) bond motifs is 1. The fourth-order valence-electron chi connectivity index (χ4n) is 2.57. The molecule has 8 nitrogen and oxygen atoms in total. The van der Waals surface area contributed by atoms with E-state index in [0.717, 1.165) is 5.56 Å². The van der Waals surface area contributed by atoms with Gasteiger partial charge in [-0.1, -0.05) is 12.1 Å². The van der Waals surface area contributed by atoms with Gasteiger partial charge >= 0.3 is 6.03 Å². The molecule has 0 saturated heterocycles. The van der Waals surface area contributed by atoms with Gasteiger partial charge in [-0.3, -0.25) is 10.1 Å². The Bertz CT molecular complexity index is 983. The number of amides is 3. The maximum Gasteiger partial charge on any atom is 0.321 e. The average Bonchev–Trinajstić information content (AvgIpc) is 3.04. The van der Waals surface area contributed by atoms with Gasteiger partial charge in [-0.2, -0.15) is 4.98 Å². The molecule has 0 saturated carbocycles. The van der Waals surface area contributed by atoms with Crippen molar-refractivity contribution in [2.75, 3.05) is 18.4 Å². The fraction of sp³-hybridized carbons (Fsp3) is 0.222. The molecule has 0 atom stereocenters. The number of benzene rings is 1. The van der Waals surface area contributed by atoms with Crippen molar-refractivity contribution in [2.24, 2.45) is 0 Å². The van der Waals surface area contributed by atoms with Crippen LogP contribution in [0.5, 0.6) is 0 Å². The van der Waals surface area contributed by atoms with Crippen LogP contribution >= 0.6 is 0 Å². The smallest absolute Gasteiger partial charge is 0.321 e. The van der Waals surface area contributed by atoms with E-state index in [0.29, 0.717) is 24.3 Å². The molecule has 0 aliphatic heterocycles. The number of nitrogens with zero attached hydrogens (tertiary/aromatic N) is 3. The molecule has 0 aliphatic rings. The first-order valence-corrected chi connectivity index (χ1v) is 8.51. The summed E-state index contributed by atoms with van der Waals surface area (Å²) in [5.41, 5.74) is 2.04. The minimum Gasteiger partial charge on any atom is -0.351 e. The highest BCUT2D eigenvalue weighted by Crippen LogP contribution is 2.23. The lowest BCUT2D eigenvalue weighted by molar-refractivity contribution is 0.0948. The van der Waals surface area contributed by atoms with E-state index in [-0.39, 0.29) is 23.4 Å². The molecule has 3 N–H and O–H groups in total. The van der Waals surface area contributed by atoms with Crippen LogP contribution in [0.1, 0.15) is 24.3 Å². The van der Waals surface area contributed by atoms with Gasteiger partial charge in [0, 0.05) is 13.1 Å². The summed E-state index contributed by atoms with van der Waals surface area (Å²) in [6, 6.07) is 8.85. The van der Waals surface area contributed by atoms with E-state index in [2.05, 4.69) is 26.0 Å². The van der Waals surface area contributed by atoms with Gasteiger partial charge in [-0.25, -0.2) is 13.7 Å². The molecule has 0 radical (unpaired) electrons. The van der Waals surface area contributed by atoms with Crippen LogP contribution in [0.15, 0.2) is 36.4 Å². The topological polar surface area (TPSA) is 100 Å². The molecule has 3 amide bonds. The number of anilines is 1. The molecule has 1 aromatic carbocycles. The Morgan fingerprint density at radius 1 is 1.04 bits per heavy atom. The summed E-state index contributed by atoms with van der Waals surface area (Å²) in [4.78, 5) is 28.4. The Morgan fingerprint density at radius 2 is 1.74 bits per heavy atom. The number of halogens is 1. The number of carbonyl (C=O) groups is 2. The van der Waals surface area contributed by atoms with Crippen LogP contribution in [0.25, 0.3) is 16.8 Å². The van der Waals surface area contributed by atoms with Crippen molar-refractivity contribution in [3.05, 3.63) is 47.9 Å². The number of rotatable bonds is 5. The maximum absolute atomic E-state index is 13.2. The molecule has 3 aromatic rings. The number of pyridine rings is 1. The van der Waals surface area contributed by atoms with Gasteiger partial charge < -0.3 is 10.6 Å². The molecule has 140 valence electrons. The Labute approximate surface area is 154 Å². The second kappa shape index (κ2) is 7.81. The van der Waals surface area contributed by atoms with Crippen molar-refractivity contribution in [2.45, 2.75) is 13.8 Å².